The van der Waals surface area contributed by atoms with Gasteiger partial charge in [0.05, 0.1) is 22.7 Å². The molecule has 5 nitrogen and oxygen atoms in total. The molecule has 114 valence electrons. The van der Waals surface area contributed by atoms with Crippen molar-refractivity contribution in [1.82, 2.24) is 10.3 Å². The number of pyridine rings is 1. The summed E-state index contributed by atoms with van der Waals surface area (Å²) < 4.78 is 0. The van der Waals surface area contributed by atoms with Crippen molar-refractivity contribution in [3.63, 3.8) is 0 Å². The van der Waals surface area contributed by atoms with Gasteiger partial charge in [-0.3, -0.25) is 14.6 Å². The second kappa shape index (κ2) is 6.89. The summed E-state index contributed by atoms with van der Waals surface area (Å²) in [5.41, 5.74) is 0.756. The third-order valence-corrected chi connectivity index (χ3v) is 4.22. The number of nitrogens with one attached hydrogen (secondary N) is 1. The zero-order chi connectivity index (χ0) is 15.4. The van der Waals surface area contributed by atoms with E-state index in [4.69, 9.17) is 16.7 Å². The standard InChI is InChI=1S/C15H19ClN2O3/c1-9(13-7-6-12(16)8-17-13)18-14(19)10-2-4-11(5-3-10)15(20)21/h6-11H,2-5H2,1H3,(H,18,19)(H,20,21)/t9-,10?,11?/m0/s1. The third kappa shape index (κ3) is 4.17. The number of halogens is 1. The minimum absolute atomic E-state index is 0.0249. The molecule has 6 heteroatoms. The van der Waals surface area contributed by atoms with Gasteiger partial charge in [-0.25, -0.2) is 0 Å². The lowest BCUT2D eigenvalue weighted by Crippen LogP contribution is -2.36. The Morgan fingerprint density at radius 3 is 2.43 bits per heavy atom. The lowest BCUT2D eigenvalue weighted by Gasteiger charge is -2.26. The highest BCUT2D eigenvalue weighted by atomic mass is 35.5. The predicted molar refractivity (Wildman–Crippen MR) is 78.9 cm³/mol. The van der Waals surface area contributed by atoms with E-state index in [0.717, 1.165) is 5.69 Å². The number of carbonyl (C=O) groups excluding carboxylic acids is 1. The summed E-state index contributed by atoms with van der Waals surface area (Å²) in [7, 11) is 0. The van der Waals surface area contributed by atoms with Gasteiger partial charge < -0.3 is 10.4 Å². The Bertz CT molecular complexity index is 510. The highest BCUT2D eigenvalue weighted by Gasteiger charge is 2.30. The van der Waals surface area contributed by atoms with E-state index in [1.54, 1.807) is 18.3 Å². The molecular formula is C15H19ClN2O3. The van der Waals surface area contributed by atoms with Gasteiger partial charge in [0.15, 0.2) is 0 Å². The molecular weight excluding hydrogens is 292 g/mol. The van der Waals surface area contributed by atoms with E-state index < -0.39 is 5.97 Å². The van der Waals surface area contributed by atoms with Crippen LogP contribution in [0.1, 0.15) is 44.3 Å². The second-order valence-corrected chi connectivity index (χ2v) is 5.95. The largest absolute Gasteiger partial charge is 0.481 e. The monoisotopic (exact) mass is 310 g/mol. The smallest absolute Gasteiger partial charge is 0.306 e. The molecule has 1 atom stereocenters. The molecule has 0 spiro atoms. The van der Waals surface area contributed by atoms with Gasteiger partial charge in [0.2, 0.25) is 5.91 Å². The summed E-state index contributed by atoms with van der Waals surface area (Å²) in [6.45, 7) is 1.87. The highest BCUT2D eigenvalue weighted by Crippen LogP contribution is 2.29. The maximum absolute atomic E-state index is 12.2. The number of nitrogens with zero attached hydrogens (tertiary/aromatic N) is 1. The average molecular weight is 311 g/mol. The van der Waals surface area contributed by atoms with Crippen LogP contribution in [0.5, 0.6) is 0 Å². The lowest BCUT2D eigenvalue weighted by atomic mass is 9.81. The van der Waals surface area contributed by atoms with Gasteiger partial charge in [0, 0.05) is 12.1 Å². The summed E-state index contributed by atoms with van der Waals surface area (Å²) in [4.78, 5) is 27.3. The number of aromatic nitrogens is 1. The molecule has 21 heavy (non-hydrogen) atoms. The quantitative estimate of drug-likeness (QED) is 0.896. The van der Waals surface area contributed by atoms with Crippen LogP contribution in [0.3, 0.4) is 0 Å². The maximum Gasteiger partial charge on any atom is 0.306 e. The van der Waals surface area contributed by atoms with Gasteiger partial charge in [0.1, 0.15) is 0 Å². The minimum Gasteiger partial charge on any atom is -0.481 e. The fourth-order valence-corrected chi connectivity index (χ4v) is 2.76. The van der Waals surface area contributed by atoms with Crippen LogP contribution in [0.25, 0.3) is 0 Å². The van der Waals surface area contributed by atoms with E-state index in [0.29, 0.717) is 30.7 Å². The predicted octanol–water partition coefficient (Wildman–Crippen LogP) is 2.80. The van der Waals surface area contributed by atoms with E-state index in [1.807, 2.05) is 6.92 Å². The normalized spacial score (nSPS) is 23.3. The molecule has 2 rings (SSSR count). The van der Waals surface area contributed by atoms with Crippen LogP contribution in [0.4, 0.5) is 0 Å². The van der Waals surface area contributed by atoms with E-state index in [9.17, 15) is 9.59 Å². The van der Waals surface area contributed by atoms with Gasteiger partial charge in [-0.2, -0.15) is 0 Å². The number of amides is 1. The Balaban J connectivity index is 1.87. The molecule has 1 aliphatic carbocycles. The molecule has 0 saturated heterocycles. The van der Waals surface area contributed by atoms with Gasteiger partial charge in [0.25, 0.3) is 0 Å². The van der Waals surface area contributed by atoms with E-state index in [2.05, 4.69) is 10.3 Å². The summed E-state index contributed by atoms with van der Waals surface area (Å²) in [6.07, 6.45) is 3.95. The Kier molecular flexibility index (Phi) is 5.17. The summed E-state index contributed by atoms with van der Waals surface area (Å²) >= 11 is 5.79. The van der Waals surface area contributed by atoms with Gasteiger partial charge in [-0.15, -0.1) is 0 Å². The molecule has 2 N–H and O–H groups in total. The molecule has 1 amide bonds. The first kappa shape index (κ1) is 15.8. The maximum atomic E-state index is 12.2. The van der Waals surface area contributed by atoms with E-state index in [-0.39, 0.29) is 23.8 Å². The first-order chi connectivity index (χ1) is 9.97. The van der Waals surface area contributed by atoms with Crippen LogP contribution in [0, 0.1) is 11.8 Å². The number of hydrogen-bond donors (Lipinski definition) is 2. The van der Waals surface area contributed by atoms with Crippen molar-refractivity contribution in [2.75, 3.05) is 0 Å². The van der Waals surface area contributed by atoms with Crippen molar-refractivity contribution < 1.29 is 14.7 Å². The van der Waals surface area contributed by atoms with E-state index in [1.165, 1.54) is 0 Å². The van der Waals surface area contributed by atoms with Crippen molar-refractivity contribution in [3.05, 3.63) is 29.0 Å². The Morgan fingerprint density at radius 2 is 1.90 bits per heavy atom. The second-order valence-electron chi connectivity index (χ2n) is 5.52. The molecule has 1 saturated carbocycles. The zero-order valence-electron chi connectivity index (χ0n) is 11.9. The lowest BCUT2D eigenvalue weighted by molar-refractivity contribution is -0.144. The fourth-order valence-electron chi connectivity index (χ4n) is 2.65. The molecule has 1 aromatic rings. The molecule has 1 aliphatic rings. The number of hydrogen-bond acceptors (Lipinski definition) is 3. The number of rotatable bonds is 4. The Morgan fingerprint density at radius 1 is 1.29 bits per heavy atom. The molecule has 1 fully saturated rings. The Hall–Kier alpha value is -1.62. The summed E-state index contributed by atoms with van der Waals surface area (Å²) in [5, 5.41) is 12.5. The van der Waals surface area contributed by atoms with E-state index >= 15 is 0 Å². The van der Waals surface area contributed by atoms with Crippen molar-refractivity contribution in [3.8, 4) is 0 Å². The van der Waals surface area contributed by atoms with Crippen molar-refractivity contribution in [2.24, 2.45) is 11.8 Å². The van der Waals surface area contributed by atoms with Gasteiger partial charge in [-0.05, 0) is 44.7 Å². The average Bonchev–Trinajstić information content (AvgIpc) is 2.47. The van der Waals surface area contributed by atoms with Crippen LogP contribution in [0.15, 0.2) is 18.3 Å². The Labute approximate surface area is 128 Å². The van der Waals surface area contributed by atoms with Crippen LogP contribution >= 0.6 is 11.6 Å². The van der Waals surface area contributed by atoms with Crippen LogP contribution < -0.4 is 5.32 Å². The number of carboxylic acid groups (broad SMARTS) is 1. The summed E-state index contributed by atoms with van der Waals surface area (Å²) in [6, 6.07) is 3.34. The fraction of sp³-hybridized carbons (Fsp3) is 0.533. The van der Waals surface area contributed by atoms with Crippen LogP contribution in [-0.4, -0.2) is 22.0 Å². The third-order valence-electron chi connectivity index (χ3n) is 4.00. The molecule has 0 aliphatic heterocycles. The van der Waals surface area contributed by atoms with Crippen LogP contribution in [0.2, 0.25) is 5.02 Å². The first-order valence-electron chi connectivity index (χ1n) is 7.12. The van der Waals surface area contributed by atoms with Crippen molar-refractivity contribution in [2.45, 2.75) is 38.6 Å². The molecule has 0 bridgehead atoms. The van der Waals surface area contributed by atoms with Gasteiger partial charge >= 0.3 is 5.97 Å². The highest BCUT2D eigenvalue weighted by molar-refractivity contribution is 6.30. The first-order valence-corrected chi connectivity index (χ1v) is 7.50. The minimum atomic E-state index is -0.757. The number of carboxylic acids is 1. The molecule has 1 aromatic heterocycles. The molecule has 0 unspecified atom stereocenters. The SMILES string of the molecule is C[C@H](NC(=O)C1CCC(C(=O)O)CC1)c1ccc(Cl)cn1. The van der Waals surface area contributed by atoms with Gasteiger partial charge in [-0.1, -0.05) is 11.6 Å². The zero-order valence-corrected chi connectivity index (χ0v) is 12.6. The molecule has 0 radical (unpaired) electrons. The van der Waals surface area contributed by atoms with Crippen molar-refractivity contribution in [1.29, 1.82) is 0 Å². The molecule has 0 aromatic carbocycles. The topological polar surface area (TPSA) is 79.3 Å². The number of aliphatic carboxylic acids is 1. The van der Waals surface area contributed by atoms with Crippen molar-refractivity contribution >= 4 is 23.5 Å². The molecule has 1 heterocycles. The summed E-state index contributed by atoms with van der Waals surface area (Å²) in [5.74, 6) is -1.18. The van der Waals surface area contributed by atoms with Crippen LogP contribution in [-0.2, 0) is 9.59 Å². The number of carbonyl (C=O) groups is 2.